The zero-order valence-corrected chi connectivity index (χ0v) is 18.3. The van der Waals surface area contributed by atoms with Gasteiger partial charge in [0.25, 0.3) is 0 Å². The largest absolute Gasteiger partial charge is 0.385 e. The Balaban J connectivity index is 0.00000312. The third kappa shape index (κ3) is 8.41. The van der Waals surface area contributed by atoms with Gasteiger partial charge in [0.1, 0.15) is 0 Å². The van der Waals surface area contributed by atoms with E-state index in [0.29, 0.717) is 5.41 Å². The molecule has 0 aromatic rings. The molecule has 2 aliphatic rings. The van der Waals surface area contributed by atoms with Gasteiger partial charge in [-0.3, -0.25) is 9.89 Å². The summed E-state index contributed by atoms with van der Waals surface area (Å²) in [5.41, 5.74) is 0.381. The number of morpholine rings is 1. The number of ether oxygens (including phenoxy) is 2. The van der Waals surface area contributed by atoms with Gasteiger partial charge in [-0.1, -0.05) is 6.42 Å². The van der Waals surface area contributed by atoms with Crippen molar-refractivity contribution in [3.05, 3.63) is 0 Å². The maximum absolute atomic E-state index is 5.39. The van der Waals surface area contributed by atoms with Crippen LogP contribution in [0.15, 0.2) is 4.99 Å². The van der Waals surface area contributed by atoms with Gasteiger partial charge in [-0.25, -0.2) is 0 Å². The monoisotopic (exact) mass is 468 g/mol. The van der Waals surface area contributed by atoms with Gasteiger partial charge in [-0.15, -0.1) is 24.0 Å². The van der Waals surface area contributed by atoms with E-state index in [1.165, 1.54) is 19.3 Å². The SMILES string of the molecule is CCNC(=NCC1(CCOC)CCC1)NCCCN1CCOCC1.I. The summed E-state index contributed by atoms with van der Waals surface area (Å²) in [6.45, 7) is 10.8. The van der Waals surface area contributed by atoms with Crippen LogP contribution in [0.25, 0.3) is 0 Å². The predicted molar refractivity (Wildman–Crippen MR) is 114 cm³/mol. The summed E-state index contributed by atoms with van der Waals surface area (Å²) in [6.07, 6.45) is 6.18. The summed E-state index contributed by atoms with van der Waals surface area (Å²) in [7, 11) is 1.79. The molecule has 2 rings (SSSR count). The first-order valence-corrected chi connectivity index (χ1v) is 9.59. The highest BCUT2D eigenvalue weighted by Gasteiger charge is 2.36. The number of rotatable bonds is 10. The molecule has 25 heavy (non-hydrogen) atoms. The summed E-state index contributed by atoms with van der Waals surface area (Å²) < 4.78 is 10.7. The second-order valence-corrected chi connectivity index (χ2v) is 7.03. The molecular weight excluding hydrogens is 431 g/mol. The second kappa shape index (κ2) is 13.1. The van der Waals surface area contributed by atoms with Crippen LogP contribution in [-0.2, 0) is 9.47 Å². The molecule has 0 atom stereocenters. The van der Waals surface area contributed by atoms with Crippen molar-refractivity contribution in [2.45, 2.75) is 39.0 Å². The maximum Gasteiger partial charge on any atom is 0.191 e. The van der Waals surface area contributed by atoms with E-state index in [1.807, 2.05) is 0 Å². The van der Waals surface area contributed by atoms with Crippen LogP contribution in [0.5, 0.6) is 0 Å². The molecular formula is C18H37IN4O2. The van der Waals surface area contributed by atoms with Crippen LogP contribution in [-0.4, -0.2) is 77.1 Å². The van der Waals surface area contributed by atoms with Crippen LogP contribution in [0.1, 0.15) is 39.0 Å². The van der Waals surface area contributed by atoms with Crippen molar-refractivity contribution >= 4 is 29.9 Å². The Labute approximate surface area is 170 Å². The van der Waals surface area contributed by atoms with Crippen LogP contribution in [0.2, 0.25) is 0 Å². The lowest BCUT2D eigenvalue weighted by molar-refractivity contribution is 0.0376. The molecule has 0 unspecified atom stereocenters. The Morgan fingerprint density at radius 2 is 2.00 bits per heavy atom. The Bertz CT molecular complexity index is 372. The van der Waals surface area contributed by atoms with E-state index in [4.69, 9.17) is 14.5 Å². The maximum atomic E-state index is 5.39. The molecule has 0 radical (unpaired) electrons. The van der Waals surface area contributed by atoms with Crippen LogP contribution < -0.4 is 10.6 Å². The first-order chi connectivity index (χ1) is 11.8. The summed E-state index contributed by atoms with van der Waals surface area (Å²) in [4.78, 5) is 7.33. The standard InChI is InChI=1S/C18H36N4O2.HI/c1-3-19-17(20-9-5-10-22-11-14-24-15-12-22)21-16-18(6-4-7-18)8-13-23-2;/h3-16H2,1-2H3,(H2,19,20,21);1H. The normalized spacial score (nSPS) is 20.5. The van der Waals surface area contributed by atoms with Crippen LogP contribution in [0.3, 0.4) is 0 Å². The zero-order chi connectivity index (χ0) is 17.1. The Kier molecular flexibility index (Phi) is 12.0. The van der Waals surface area contributed by atoms with E-state index in [9.17, 15) is 0 Å². The van der Waals surface area contributed by atoms with Crippen LogP contribution in [0.4, 0.5) is 0 Å². The molecule has 1 saturated heterocycles. The van der Waals surface area contributed by atoms with Crippen molar-refractivity contribution in [2.75, 3.05) is 66.2 Å². The average Bonchev–Trinajstić information content (AvgIpc) is 2.58. The molecule has 0 spiro atoms. The average molecular weight is 468 g/mol. The van der Waals surface area contributed by atoms with Crippen molar-refractivity contribution in [2.24, 2.45) is 10.4 Å². The van der Waals surface area contributed by atoms with Crippen molar-refractivity contribution in [1.29, 1.82) is 0 Å². The predicted octanol–water partition coefficient (Wildman–Crippen LogP) is 2.09. The summed E-state index contributed by atoms with van der Waals surface area (Å²) in [6, 6.07) is 0. The highest BCUT2D eigenvalue weighted by molar-refractivity contribution is 14.0. The van der Waals surface area contributed by atoms with Gasteiger partial charge in [0.05, 0.1) is 13.2 Å². The van der Waals surface area contributed by atoms with Gasteiger partial charge in [-0.05, 0) is 44.6 Å². The number of nitrogens with one attached hydrogen (secondary N) is 2. The molecule has 6 nitrogen and oxygen atoms in total. The second-order valence-electron chi connectivity index (χ2n) is 7.03. The zero-order valence-electron chi connectivity index (χ0n) is 16.0. The van der Waals surface area contributed by atoms with E-state index in [0.717, 1.165) is 77.9 Å². The fourth-order valence-electron chi connectivity index (χ4n) is 3.41. The van der Waals surface area contributed by atoms with Gasteiger partial charge in [0.2, 0.25) is 0 Å². The number of hydrogen-bond acceptors (Lipinski definition) is 4. The molecule has 0 aromatic carbocycles. The lowest BCUT2D eigenvalue weighted by Crippen LogP contribution is -2.42. The molecule has 148 valence electrons. The Morgan fingerprint density at radius 3 is 2.60 bits per heavy atom. The first-order valence-electron chi connectivity index (χ1n) is 9.59. The molecule has 0 bridgehead atoms. The van der Waals surface area contributed by atoms with Crippen LogP contribution >= 0.6 is 24.0 Å². The third-order valence-corrected chi connectivity index (χ3v) is 5.21. The van der Waals surface area contributed by atoms with Crippen LogP contribution in [0, 0.1) is 5.41 Å². The van der Waals surface area contributed by atoms with E-state index in [2.05, 4.69) is 22.5 Å². The number of hydrogen-bond donors (Lipinski definition) is 2. The third-order valence-electron chi connectivity index (χ3n) is 5.21. The molecule has 1 aliphatic carbocycles. The minimum atomic E-state index is 0. The fraction of sp³-hybridized carbons (Fsp3) is 0.944. The molecule has 0 amide bonds. The summed E-state index contributed by atoms with van der Waals surface area (Å²) >= 11 is 0. The van der Waals surface area contributed by atoms with Gasteiger partial charge in [0, 0.05) is 46.4 Å². The van der Waals surface area contributed by atoms with Gasteiger partial charge < -0.3 is 20.1 Å². The quantitative estimate of drug-likeness (QED) is 0.223. The van der Waals surface area contributed by atoms with Crippen molar-refractivity contribution in [3.8, 4) is 0 Å². The van der Waals surface area contributed by atoms with E-state index < -0.39 is 0 Å². The highest BCUT2D eigenvalue weighted by Crippen LogP contribution is 2.44. The number of methoxy groups -OCH3 is 1. The molecule has 7 heteroatoms. The molecule has 1 aliphatic heterocycles. The van der Waals surface area contributed by atoms with E-state index in [-0.39, 0.29) is 24.0 Å². The highest BCUT2D eigenvalue weighted by atomic mass is 127. The molecule has 2 N–H and O–H groups in total. The van der Waals surface area contributed by atoms with Crippen molar-refractivity contribution in [1.82, 2.24) is 15.5 Å². The lowest BCUT2D eigenvalue weighted by atomic mass is 9.67. The summed E-state index contributed by atoms with van der Waals surface area (Å²) in [5, 5.41) is 6.86. The van der Waals surface area contributed by atoms with Gasteiger partial charge in [-0.2, -0.15) is 0 Å². The molecule has 0 aromatic heterocycles. The lowest BCUT2D eigenvalue weighted by Gasteiger charge is -2.40. The molecule has 2 fully saturated rings. The smallest absolute Gasteiger partial charge is 0.191 e. The number of guanidine groups is 1. The minimum absolute atomic E-state index is 0. The van der Waals surface area contributed by atoms with Crippen molar-refractivity contribution in [3.63, 3.8) is 0 Å². The number of halogens is 1. The van der Waals surface area contributed by atoms with Gasteiger partial charge in [0.15, 0.2) is 5.96 Å². The first kappa shape index (κ1) is 22.9. The number of aliphatic imine (C=N–C) groups is 1. The van der Waals surface area contributed by atoms with E-state index >= 15 is 0 Å². The Hall–Kier alpha value is -0.120. The molecule has 1 saturated carbocycles. The molecule has 1 heterocycles. The fourth-order valence-corrected chi connectivity index (χ4v) is 3.41. The minimum Gasteiger partial charge on any atom is -0.385 e. The summed E-state index contributed by atoms with van der Waals surface area (Å²) in [5.74, 6) is 0.961. The Morgan fingerprint density at radius 1 is 1.24 bits per heavy atom. The van der Waals surface area contributed by atoms with Crippen molar-refractivity contribution < 1.29 is 9.47 Å². The topological polar surface area (TPSA) is 58.1 Å². The number of nitrogens with zero attached hydrogens (tertiary/aromatic N) is 2. The van der Waals surface area contributed by atoms with E-state index in [1.54, 1.807) is 7.11 Å². The van der Waals surface area contributed by atoms with Gasteiger partial charge >= 0.3 is 0 Å².